The standard InChI is InChI=1S/C20H44O3SSi/c1-5-6-7-8-9-10-11-12-13-14-15-16-17-18-19-20-24(21,22)23-25(2,3)4/h5-20H2,1-4H3. The molecule has 0 unspecified atom stereocenters. The Balaban J connectivity index is 3.29. The van der Waals surface area contributed by atoms with Crippen molar-refractivity contribution in [3.8, 4) is 0 Å². The fourth-order valence-corrected chi connectivity index (χ4v) is 7.01. The molecule has 0 spiro atoms. The van der Waals surface area contributed by atoms with Gasteiger partial charge in [-0.25, -0.2) is 8.42 Å². The van der Waals surface area contributed by atoms with Crippen LogP contribution in [0.3, 0.4) is 0 Å². The van der Waals surface area contributed by atoms with Crippen molar-refractivity contribution in [2.45, 2.75) is 123 Å². The first-order valence-corrected chi connectivity index (χ1v) is 15.7. The first-order valence-electron chi connectivity index (χ1n) is 10.7. The fraction of sp³-hybridized carbons (Fsp3) is 1.00. The van der Waals surface area contributed by atoms with Crippen LogP contribution in [0.4, 0.5) is 0 Å². The molecule has 0 rings (SSSR count). The summed E-state index contributed by atoms with van der Waals surface area (Å²) in [5.41, 5.74) is 0. The molecule has 5 heteroatoms. The maximum absolute atomic E-state index is 11.8. The van der Waals surface area contributed by atoms with Gasteiger partial charge in [-0.05, 0) is 26.1 Å². The van der Waals surface area contributed by atoms with Gasteiger partial charge < -0.3 is 3.87 Å². The Kier molecular flexibility index (Phi) is 15.3. The van der Waals surface area contributed by atoms with Crippen LogP contribution in [0, 0.1) is 0 Å². The van der Waals surface area contributed by atoms with E-state index in [0.717, 1.165) is 19.3 Å². The van der Waals surface area contributed by atoms with Crippen LogP contribution in [0.15, 0.2) is 0 Å². The maximum Gasteiger partial charge on any atom is 0.257 e. The van der Waals surface area contributed by atoms with Gasteiger partial charge in [0.15, 0.2) is 0 Å². The van der Waals surface area contributed by atoms with Crippen molar-refractivity contribution >= 4 is 18.4 Å². The van der Waals surface area contributed by atoms with Crippen LogP contribution >= 0.6 is 0 Å². The van der Waals surface area contributed by atoms with Crippen LogP contribution in [0.25, 0.3) is 0 Å². The SMILES string of the molecule is CCCCCCCCCCCCCCCCCS(=O)(=O)O[Si](C)(C)C. The van der Waals surface area contributed by atoms with E-state index in [2.05, 4.69) is 6.92 Å². The van der Waals surface area contributed by atoms with Crippen LogP contribution in [0.5, 0.6) is 0 Å². The molecular formula is C20H44O3SSi. The summed E-state index contributed by atoms with van der Waals surface area (Å²) in [4.78, 5) is 0. The Labute approximate surface area is 159 Å². The lowest BCUT2D eigenvalue weighted by atomic mass is 10.0. The third-order valence-corrected chi connectivity index (χ3v) is 8.18. The summed E-state index contributed by atoms with van der Waals surface area (Å²) in [6, 6.07) is 0. The van der Waals surface area contributed by atoms with E-state index in [1.165, 1.54) is 77.0 Å². The lowest BCUT2D eigenvalue weighted by Crippen LogP contribution is -2.30. The molecule has 152 valence electrons. The predicted octanol–water partition coefficient (Wildman–Crippen LogP) is 7.04. The average molecular weight is 393 g/mol. The third kappa shape index (κ3) is 20.3. The van der Waals surface area contributed by atoms with Gasteiger partial charge in [-0.15, -0.1) is 0 Å². The molecule has 0 bridgehead atoms. The van der Waals surface area contributed by atoms with Crippen LogP contribution < -0.4 is 0 Å². The van der Waals surface area contributed by atoms with E-state index in [4.69, 9.17) is 3.87 Å². The van der Waals surface area contributed by atoms with Crippen molar-refractivity contribution in [2.75, 3.05) is 5.75 Å². The highest BCUT2D eigenvalue weighted by molar-refractivity contribution is 7.87. The molecule has 0 heterocycles. The predicted molar refractivity (Wildman–Crippen MR) is 113 cm³/mol. The van der Waals surface area contributed by atoms with Gasteiger partial charge >= 0.3 is 0 Å². The first kappa shape index (κ1) is 25.1. The summed E-state index contributed by atoms with van der Waals surface area (Å²) >= 11 is 0. The number of hydrogen-bond acceptors (Lipinski definition) is 3. The highest BCUT2D eigenvalue weighted by Gasteiger charge is 2.23. The van der Waals surface area contributed by atoms with Gasteiger partial charge in [-0.1, -0.05) is 96.8 Å². The van der Waals surface area contributed by atoms with Crippen LogP contribution in [-0.2, 0) is 14.0 Å². The minimum Gasteiger partial charge on any atom is -0.315 e. The zero-order valence-electron chi connectivity index (χ0n) is 17.4. The van der Waals surface area contributed by atoms with Gasteiger partial charge in [0.2, 0.25) is 8.32 Å². The smallest absolute Gasteiger partial charge is 0.257 e. The summed E-state index contributed by atoms with van der Waals surface area (Å²) in [6.07, 6.45) is 19.4. The quantitative estimate of drug-likeness (QED) is 0.185. The van der Waals surface area contributed by atoms with E-state index in [1.807, 2.05) is 19.6 Å². The number of unbranched alkanes of at least 4 members (excludes halogenated alkanes) is 14. The summed E-state index contributed by atoms with van der Waals surface area (Å²) in [7, 11) is -5.29. The molecule has 0 atom stereocenters. The lowest BCUT2D eigenvalue weighted by Gasteiger charge is -2.16. The minimum atomic E-state index is -3.30. The van der Waals surface area contributed by atoms with Gasteiger partial charge in [0.05, 0.1) is 5.75 Å². The molecule has 25 heavy (non-hydrogen) atoms. The van der Waals surface area contributed by atoms with Crippen LogP contribution in [0.1, 0.15) is 103 Å². The van der Waals surface area contributed by atoms with Gasteiger partial charge in [0.1, 0.15) is 0 Å². The molecule has 0 aromatic carbocycles. The number of rotatable bonds is 18. The Bertz CT molecular complexity index is 388. The molecule has 0 fully saturated rings. The zero-order chi connectivity index (χ0) is 19.0. The summed E-state index contributed by atoms with van der Waals surface area (Å²) in [5.74, 6) is 0.190. The molecule has 0 aliphatic heterocycles. The fourth-order valence-electron chi connectivity index (χ4n) is 3.07. The van der Waals surface area contributed by atoms with E-state index in [-0.39, 0.29) is 5.75 Å². The van der Waals surface area contributed by atoms with Crippen molar-refractivity contribution in [3.05, 3.63) is 0 Å². The molecule has 0 saturated heterocycles. The monoisotopic (exact) mass is 392 g/mol. The Morgan fingerprint density at radius 1 is 0.600 bits per heavy atom. The van der Waals surface area contributed by atoms with E-state index < -0.39 is 18.4 Å². The van der Waals surface area contributed by atoms with Crippen molar-refractivity contribution < 1.29 is 12.3 Å². The second-order valence-corrected chi connectivity index (χ2v) is 14.8. The Morgan fingerprint density at radius 3 is 1.24 bits per heavy atom. The van der Waals surface area contributed by atoms with Crippen molar-refractivity contribution in [1.82, 2.24) is 0 Å². The summed E-state index contributed by atoms with van der Waals surface area (Å²) < 4.78 is 28.8. The van der Waals surface area contributed by atoms with E-state index in [0.29, 0.717) is 0 Å². The van der Waals surface area contributed by atoms with Crippen molar-refractivity contribution in [1.29, 1.82) is 0 Å². The van der Waals surface area contributed by atoms with Crippen LogP contribution in [-0.4, -0.2) is 22.5 Å². The van der Waals surface area contributed by atoms with E-state index >= 15 is 0 Å². The van der Waals surface area contributed by atoms with Gasteiger partial charge in [-0.2, -0.15) is 0 Å². The van der Waals surface area contributed by atoms with Gasteiger partial charge in [-0.3, -0.25) is 0 Å². The Morgan fingerprint density at radius 2 is 0.920 bits per heavy atom. The van der Waals surface area contributed by atoms with Gasteiger partial charge in [0.25, 0.3) is 10.1 Å². The zero-order valence-corrected chi connectivity index (χ0v) is 19.3. The summed E-state index contributed by atoms with van der Waals surface area (Å²) in [6.45, 7) is 8.01. The first-order chi connectivity index (χ1) is 11.8. The highest BCUT2D eigenvalue weighted by atomic mass is 32.2. The van der Waals surface area contributed by atoms with Crippen molar-refractivity contribution in [3.63, 3.8) is 0 Å². The maximum atomic E-state index is 11.8. The minimum absolute atomic E-state index is 0.190. The highest BCUT2D eigenvalue weighted by Crippen LogP contribution is 2.14. The van der Waals surface area contributed by atoms with Crippen molar-refractivity contribution in [2.24, 2.45) is 0 Å². The molecule has 0 aromatic heterocycles. The molecule has 0 aromatic rings. The molecular weight excluding hydrogens is 348 g/mol. The third-order valence-electron chi connectivity index (χ3n) is 4.37. The van der Waals surface area contributed by atoms with E-state index in [1.54, 1.807) is 0 Å². The average Bonchev–Trinajstić information content (AvgIpc) is 2.48. The molecule has 0 aliphatic rings. The Hall–Kier alpha value is 0.127. The van der Waals surface area contributed by atoms with Gasteiger partial charge in [0, 0.05) is 0 Å². The van der Waals surface area contributed by atoms with E-state index in [9.17, 15) is 8.42 Å². The van der Waals surface area contributed by atoms with Crippen LogP contribution in [0.2, 0.25) is 19.6 Å². The second kappa shape index (κ2) is 15.2. The molecule has 0 amide bonds. The molecule has 0 N–H and O–H groups in total. The largest absolute Gasteiger partial charge is 0.315 e. The number of hydrogen-bond donors (Lipinski definition) is 0. The molecule has 0 saturated carbocycles. The second-order valence-electron chi connectivity index (χ2n) is 8.41. The normalized spacial score (nSPS) is 12.6. The lowest BCUT2D eigenvalue weighted by molar-refractivity contribution is 0.480. The molecule has 0 radical (unpaired) electrons. The topological polar surface area (TPSA) is 43.4 Å². The molecule has 3 nitrogen and oxygen atoms in total. The summed E-state index contributed by atoms with van der Waals surface area (Å²) in [5, 5.41) is 0. The molecule has 0 aliphatic carbocycles.